The molecule has 1 heterocycles. The molecule has 3 aromatic rings. The summed E-state index contributed by atoms with van der Waals surface area (Å²) in [7, 11) is 0. The number of amides is 1. The first kappa shape index (κ1) is 20.2. The van der Waals surface area contributed by atoms with E-state index < -0.39 is 5.91 Å². The fraction of sp³-hybridized carbons (Fsp3) is 0.136. The van der Waals surface area contributed by atoms with E-state index in [4.69, 9.17) is 4.74 Å². The molecule has 0 spiro atoms. The van der Waals surface area contributed by atoms with Gasteiger partial charge >= 0.3 is 0 Å². The molecule has 0 radical (unpaired) electrons. The van der Waals surface area contributed by atoms with Crippen LogP contribution in [0.4, 0.5) is 9.52 Å². The minimum Gasteiger partial charge on any atom is -0.494 e. The highest BCUT2D eigenvalue weighted by Crippen LogP contribution is 2.22. The Balaban J connectivity index is 1.65. The first-order chi connectivity index (χ1) is 14.1. The number of halogens is 1. The van der Waals surface area contributed by atoms with Crippen molar-refractivity contribution >= 4 is 28.5 Å². The van der Waals surface area contributed by atoms with E-state index in [1.165, 1.54) is 29.5 Å². The lowest BCUT2D eigenvalue weighted by atomic mass is 10.1. The number of hydrogen-bond donors (Lipinski definition) is 1. The third-order valence-electron chi connectivity index (χ3n) is 3.93. The van der Waals surface area contributed by atoms with Gasteiger partial charge in [0.2, 0.25) is 0 Å². The molecule has 0 saturated heterocycles. The Kier molecular flexibility index (Phi) is 6.72. The monoisotopic (exact) mass is 407 g/mol. The zero-order valence-corrected chi connectivity index (χ0v) is 16.5. The van der Waals surface area contributed by atoms with Gasteiger partial charge in [0.25, 0.3) is 5.91 Å². The second-order valence-electron chi connectivity index (χ2n) is 6.06. The highest BCUT2D eigenvalue weighted by molar-refractivity contribution is 7.15. The minimum atomic E-state index is -0.524. The van der Waals surface area contributed by atoms with Crippen LogP contribution in [0.3, 0.4) is 0 Å². The van der Waals surface area contributed by atoms with Crippen LogP contribution in [0.15, 0.2) is 60.3 Å². The van der Waals surface area contributed by atoms with Crippen molar-refractivity contribution in [1.29, 1.82) is 5.26 Å². The predicted molar refractivity (Wildman–Crippen MR) is 111 cm³/mol. The molecule has 0 unspecified atom stereocenters. The van der Waals surface area contributed by atoms with E-state index in [0.717, 1.165) is 21.8 Å². The van der Waals surface area contributed by atoms with Crippen LogP contribution in [-0.2, 0) is 11.2 Å². The lowest BCUT2D eigenvalue weighted by molar-refractivity contribution is -0.112. The third kappa shape index (κ3) is 5.74. The summed E-state index contributed by atoms with van der Waals surface area (Å²) in [5, 5.41) is 12.4. The van der Waals surface area contributed by atoms with Crippen molar-refractivity contribution in [2.75, 3.05) is 11.9 Å². The topological polar surface area (TPSA) is 75.0 Å². The van der Waals surface area contributed by atoms with Gasteiger partial charge in [-0.15, -0.1) is 11.3 Å². The van der Waals surface area contributed by atoms with E-state index in [9.17, 15) is 14.4 Å². The average Bonchev–Trinajstić information content (AvgIpc) is 3.16. The summed E-state index contributed by atoms with van der Waals surface area (Å²) in [5.41, 5.74) is 1.64. The second kappa shape index (κ2) is 9.62. The summed E-state index contributed by atoms with van der Waals surface area (Å²) < 4.78 is 18.4. The number of rotatable bonds is 7. The minimum absolute atomic E-state index is 0.0237. The van der Waals surface area contributed by atoms with E-state index in [1.54, 1.807) is 42.6 Å². The Morgan fingerprint density at radius 2 is 1.97 bits per heavy atom. The van der Waals surface area contributed by atoms with Gasteiger partial charge in [0.05, 0.1) is 6.61 Å². The molecule has 7 heteroatoms. The van der Waals surface area contributed by atoms with Crippen LogP contribution < -0.4 is 10.1 Å². The summed E-state index contributed by atoms with van der Waals surface area (Å²) >= 11 is 1.31. The lowest BCUT2D eigenvalue weighted by Gasteiger charge is -2.03. The van der Waals surface area contributed by atoms with E-state index in [-0.39, 0.29) is 11.4 Å². The van der Waals surface area contributed by atoms with Crippen LogP contribution in [0.1, 0.15) is 22.9 Å². The molecule has 0 aliphatic heterocycles. The van der Waals surface area contributed by atoms with Crippen LogP contribution >= 0.6 is 11.3 Å². The molecule has 0 bridgehead atoms. The number of hydrogen-bond acceptors (Lipinski definition) is 5. The Hall–Kier alpha value is -3.50. The van der Waals surface area contributed by atoms with Gasteiger partial charge in [0.15, 0.2) is 5.13 Å². The van der Waals surface area contributed by atoms with Crippen molar-refractivity contribution in [3.8, 4) is 11.8 Å². The predicted octanol–water partition coefficient (Wildman–Crippen LogP) is 4.82. The van der Waals surface area contributed by atoms with Gasteiger partial charge in [0.1, 0.15) is 23.2 Å². The maximum atomic E-state index is 13.0. The molecule has 3 rings (SSSR count). The largest absolute Gasteiger partial charge is 0.494 e. The van der Waals surface area contributed by atoms with Crippen LogP contribution in [0.5, 0.6) is 5.75 Å². The Morgan fingerprint density at radius 1 is 1.24 bits per heavy atom. The van der Waals surface area contributed by atoms with Gasteiger partial charge in [-0.05, 0) is 48.4 Å². The van der Waals surface area contributed by atoms with Crippen LogP contribution in [0, 0.1) is 17.1 Å². The summed E-state index contributed by atoms with van der Waals surface area (Å²) in [6.07, 6.45) is 3.75. The Bertz CT molecular complexity index is 1050. The molecule has 0 aliphatic carbocycles. The van der Waals surface area contributed by atoms with Gasteiger partial charge < -0.3 is 4.74 Å². The zero-order chi connectivity index (χ0) is 20.6. The van der Waals surface area contributed by atoms with Crippen LogP contribution in [0.2, 0.25) is 0 Å². The Morgan fingerprint density at radius 3 is 2.62 bits per heavy atom. The number of carbonyl (C=O) groups excluding carboxylic acids is 1. The smallest absolute Gasteiger partial charge is 0.268 e. The van der Waals surface area contributed by atoms with Crippen molar-refractivity contribution in [2.45, 2.75) is 13.3 Å². The van der Waals surface area contributed by atoms with Crippen LogP contribution in [0.25, 0.3) is 6.08 Å². The molecule has 1 aromatic heterocycles. The lowest BCUT2D eigenvalue weighted by Crippen LogP contribution is -2.13. The second-order valence-corrected chi connectivity index (χ2v) is 7.18. The van der Waals surface area contributed by atoms with Gasteiger partial charge in [-0.2, -0.15) is 5.26 Å². The SMILES string of the molecule is CCOc1ccc(/C=C(/C#N)C(=O)Nc2ncc(Cc3ccc(F)cc3)s2)cc1. The number of carbonyl (C=O) groups is 1. The number of aromatic nitrogens is 1. The molecular formula is C22H18FN3O2S. The number of ether oxygens (including phenoxy) is 1. The molecule has 1 N–H and O–H groups in total. The van der Waals surface area contributed by atoms with Crippen molar-refractivity contribution in [2.24, 2.45) is 0 Å². The molecule has 0 saturated carbocycles. The van der Waals surface area contributed by atoms with Crippen molar-refractivity contribution in [3.63, 3.8) is 0 Å². The van der Waals surface area contributed by atoms with E-state index >= 15 is 0 Å². The van der Waals surface area contributed by atoms with E-state index in [2.05, 4.69) is 10.3 Å². The highest BCUT2D eigenvalue weighted by atomic mass is 32.1. The number of benzene rings is 2. The molecule has 146 valence electrons. The third-order valence-corrected chi connectivity index (χ3v) is 4.85. The first-order valence-corrected chi connectivity index (χ1v) is 9.74. The molecule has 2 aromatic carbocycles. The van der Waals surface area contributed by atoms with Crippen molar-refractivity contribution in [3.05, 3.63) is 82.1 Å². The fourth-order valence-corrected chi connectivity index (χ4v) is 3.40. The summed E-state index contributed by atoms with van der Waals surface area (Å²) in [4.78, 5) is 17.5. The van der Waals surface area contributed by atoms with E-state index in [0.29, 0.717) is 18.2 Å². The fourth-order valence-electron chi connectivity index (χ4n) is 2.56. The number of anilines is 1. The van der Waals surface area contributed by atoms with Crippen molar-refractivity contribution < 1.29 is 13.9 Å². The zero-order valence-electron chi connectivity index (χ0n) is 15.7. The summed E-state index contributed by atoms with van der Waals surface area (Å²) in [6, 6.07) is 15.3. The Labute approximate surface area is 172 Å². The van der Waals surface area contributed by atoms with Gasteiger partial charge in [-0.25, -0.2) is 9.37 Å². The highest BCUT2D eigenvalue weighted by Gasteiger charge is 2.12. The molecule has 5 nitrogen and oxygen atoms in total. The van der Waals surface area contributed by atoms with Gasteiger partial charge in [-0.1, -0.05) is 24.3 Å². The first-order valence-electron chi connectivity index (χ1n) is 8.92. The maximum Gasteiger partial charge on any atom is 0.268 e. The van der Waals surface area contributed by atoms with Crippen LogP contribution in [-0.4, -0.2) is 17.5 Å². The summed E-state index contributed by atoms with van der Waals surface area (Å²) in [6.45, 7) is 2.47. The standard InChI is InChI=1S/C22H18FN3O2S/c1-2-28-19-9-5-15(6-10-19)11-17(13-24)21(27)26-22-25-14-20(29-22)12-16-3-7-18(23)8-4-16/h3-11,14H,2,12H2,1H3,(H,25,26,27)/b17-11-. The molecule has 0 aliphatic rings. The molecule has 0 atom stereocenters. The van der Waals surface area contributed by atoms with Crippen molar-refractivity contribution in [1.82, 2.24) is 4.98 Å². The molecule has 0 fully saturated rings. The number of thiazole rings is 1. The molecule has 29 heavy (non-hydrogen) atoms. The van der Waals surface area contributed by atoms with Gasteiger partial charge in [-0.3, -0.25) is 10.1 Å². The van der Waals surface area contributed by atoms with E-state index in [1.807, 2.05) is 13.0 Å². The number of nitrogens with one attached hydrogen (secondary N) is 1. The summed E-state index contributed by atoms with van der Waals surface area (Å²) in [5.74, 6) is -0.0810. The average molecular weight is 407 g/mol. The number of nitriles is 1. The van der Waals surface area contributed by atoms with Gasteiger partial charge in [0, 0.05) is 17.5 Å². The number of nitrogens with zero attached hydrogens (tertiary/aromatic N) is 2. The quantitative estimate of drug-likeness (QED) is 0.450. The maximum absolute atomic E-state index is 13.0. The normalized spacial score (nSPS) is 11.0. The molecular weight excluding hydrogens is 389 g/mol. The molecule has 1 amide bonds.